The van der Waals surface area contributed by atoms with E-state index in [0.29, 0.717) is 31.7 Å². The number of piperidine rings is 1. The van der Waals surface area contributed by atoms with E-state index >= 15 is 0 Å². The van der Waals surface area contributed by atoms with Gasteiger partial charge in [0.05, 0.1) is 0 Å². The Hall–Kier alpha value is -2.14. The molecule has 28 heavy (non-hydrogen) atoms. The zero-order chi connectivity index (χ0) is 20.5. The summed E-state index contributed by atoms with van der Waals surface area (Å²) in [5.41, 5.74) is 1.02. The molecule has 1 heterocycles. The van der Waals surface area contributed by atoms with E-state index in [-0.39, 0.29) is 17.7 Å². The Balaban J connectivity index is 1.73. The van der Waals surface area contributed by atoms with Gasteiger partial charge in [-0.05, 0) is 52.2 Å². The van der Waals surface area contributed by atoms with Crippen LogP contribution in [0, 0.1) is 5.92 Å². The average molecular weight is 386 g/mol. The summed E-state index contributed by atoms with van der Waals surface area (Å²) >= 11 is 0. The highest BCUT2D eigenvalue weighted by Crippen LogP contribution is 2.18. The van der Waals surface area contributed by atoms with Crippen molar-refractivity contribution in [2.24, 2.45) is 5.92 Å². The van der Waals surface area contributed by atoms with Crippen LogP contribution in [0.15, 0.2) is 36.4 Å². The molecule has 1 aliphatic heterocycles. The van der Waals surface area contributed by atoms with Gasteiger partial charge in [-0.1, -0.05) is 30.3 Å². The summed E-state index contributed by atoms with van der Waals surface area (Å²) in [6, 6.07) is 10.7. The van der Waals surface area contributed by atoms with Crippen LogP contribution in [-0.2, 0) is 9.59 Å². The van der Waals surface area contributed by atoms with Crippen LogP contribution in [0.25, 0.3) is 6.08 Å². The van der Waals surface area contributed by atoms with Crippen molar-refractivity contribution >= 4 is 17.9 Å². The molecule has 0 aromatic heterocycles. The molecular formula is C23H35N3O2. The van der Waals surface area contributed by atoms with Gasteiger partial charge in [0.25, 0.3) is 0 Å². The number of rotatable bonds is 8. The maximum absolute atomic E-state index is 12.5. The first-order valence-electron chi connectivity index (χ1n) is 10.4. The van der Waals surface area contributed by atoms with E-state index in [1.807, 2.05) is 41.3 Å². The molecule has 1 aromatic carbocycles. The van der Waals surface area contributed by atoms with E-state index in [9.17, 15) is 9.59 Å². The Morgan fingerprint density at radius 3 is 2.29 bits per heavy atom. The minimum Gasteiger partial charge on any atom is -0.355 e. The van der Waals surface area contributed by atoms with E-state index < -0.39 is 0 Å². The molecule has 1 aromatic rings. The lowest BCUT2D eigenvalue weighted by Crippen LogP contribution is -2.45. The third-order valence-electron chi connectivity index (χ3n) is 5.39. The first kappa shape index (κ1) is 22.2. The fourth-order valence-corrected chi connectivity index (χ4v) is 3.76. The molecule has 0 unspecified atom stereocenters. The molecule has 0 saturated carbocycles. The van der Waals surface area contributed by atoms with Crippen molar-refractivity contribution in [2.45, 2.75) is 52.6 Å². The first-order chi connectivity index (χ1) is 13.4. The molecule has 5 heteroatoms. The largest absolute Gasteiger partial charge is 0.355 e. The molecule has 1 saturated heterocycles. The number of amides is 2. The number of hydrogen-bond acceptors (Lipinski definition) is 3. The van der Waals surface area contributed by atoms with Crippen LogP contribution in [0.3, 0.4) is 0 Å². The van der Waals surface area contributed by atoms with Gasteiger partial charge in [-0.2, -0.15) is 0 Å². The molecule has 154 valence electrons. The van der Waals surface area contributed by atoms with Crippen LogP contribution in [0.5, 0.6) is 0 Å². The van der Waals surface area contributed by atoms with Gasteiger partial charge in [0.1, 0.15) is 0 Å². The van der Waals surface area contributed by atoms with Crippen molar-refractivity contribution in [1.82, 2.24) is 15.1 Å². The summed E-state index contributed by atoms with van der Waals surface area (Å²) in [6.45, 7) is 11.5. The second-order valence-corrected chi connectivity index (χ2v) is 8.06. The normalized spacial score (nSPS) is 15.8. The minimum absolute atomic E-state index is 0.00806. The number of nitrogens with one attached hydrogen (secondary N) is 1. The van der Waals surface area contributed by atoms with Crippen molar-refractivity contribution in [2.75, 3.05) is 26.2 Å². The molecule has 0 bridgehead atoms. The lowest BCUT2D eigenvalue weighted by atomic mass is 9.96. The van der Waals surface area contributed by atoms with Crippen molar-refractivity contribution in [1.29, 1.82) is 0 Å². The highest BCUT2D eigenvalue weighted by Gasteiger charge is 2.26. The van der Waals surface area contributed by atoms with Crippen molar-refractivity contribution in [3.8, 4) is 0 Å². The summed E-state index contributed by atoms with van der Waals surface area (Å²) in [5.74, 6) is 0.153. The van der Waals surface area contributed by atoms with Crippen LogP contribution in [0.1, 0.15) is 46.1 Å². The third kappa shape index (κ3) is 6.79. The Kier molecular flexibility index (Phi) is 8.71. The average Bonchev–Trinajstić information content (AvgIpc) is 2.69. The van der Waals surface area contributed by atoms with Gasteiger partial charge in [0.2, 0.25) is 11.8 Å². The molecule has 2 rings (SSSR count). The van der Waals surface area contributed by atoms with Gasteiger partial charge in [0.15, 0.2) is 0 Å². The topological polar surface area (TPSA) is 52.7 Å². The second-order valence-electron chi connectivity index (χ2n) is 8.06. The maximum Gasteiger partial charge on any atom is 0.246 e. The van der Waals surface area contributed by atoms with Gasteiger partial charge in [-0.25, -0.2) is 0 Å². The van der Waals surface area contributed by atoms with E-state index in [4.69, 9.17) is 0 Å². The predicted molar refractivity (Wildman–Crippen MR) is 115 cm³/mol. The molecule has 1 aliphatic rings. The molecule has 0 atom stereocenters. The van der Waals surface area contributed by atoms with Crippen LogP contribution in [0.2, 0.25) is 0 Å². The van der Waals surface area contributed by atoms with E-state index in [2.05, 4.69) is 37.9 Å². The molecule has 2 amide bonds. The summed E-state index contributed by atoms with van der Waals surface area (Å²) in [7, 11) is 0. The standard InChI is InChI=1S/C23H35N3O2/c1-18(2)26(19(3)4)17-14-24-23(28)21-12-15-25(16-13-21)22(27)11-10-20-8-6-5-7-9-20/h5-11,18-19,21H,12-17H2,1-4H3,(H,24,28)/b11-10+. The monoisotopic (exact) mass is 385 g/mol. The quantitative estimate of drug-likeness (QED) is 0.700. The number of likely N-dealkylation sites (tertiary alicyclic amines) is 1. The third-order valence-corrected chi connectivity index (χ3v) is 5.39. The molecule has 0 aliphatic carbocycles. The van der Waals surface area contributed by atoms with Gasteiger partial charge in [-0.3, -0.25) is 14.5 Å². The van der Waals surface area contributed by atoms with Crippen LogP contribution in [-0.4, -0.2) is 59.9 Å². The first-order valence-corrected chi connectivity index (χ1v) is 10.4. The number of carbonyl (C=O) groups is 2. The number of benzene rings is 1. The number of hydrogen-bond donors (Lipinski definition) is 1. The smallest absolute Gasteiger partial charge is 0.246 e. The van der Waals surface area contributed by atoms with Crippen LogP contribution < -0.4 is 5.32 Å². The summed E-state index contributed by atoms with van der Waals surface area (Å²) in [5, 5.41) is 3.09. The van der Waals surface area contributed by atoms with Gasteiger partial charge in [0, 0.05) is 50.3 Å². The minimum atomic E-state index is 0.00806. The molecule has 1 N–H and O–H groups in total. The molecule has 0 spiro atoms. The fraction of sp³-hybridized carbons (Fsp3) is 0.565. The van der Waals surface area contributed by atoms with Gasteiger partial charge >= 0.3 is 0 Å². The predicted octanol–water partition coefficient (Wildman–Crippen LogP) is 3.17. The Labute approximate surface area is 169 Å². The highest BCUT2D eigenvalue weighted by molar-refractivity contribution is 5.92. The Morgan fingerprint density at radius 2 is 1.71 bits per heavy atom. The van der Waals surface area contributed by atoms with Crippen LogP contribution >= 0.6 is 0 Å². The molecule has 0 radical (unpaired) electrons. The van der Waals surface area contributed by atoms with Crippen molar-refractivity contribution in [3.05, 3.63) is 42.0 Å². The number of carbonyl (C=O) groups excluding carboxylic acids is 2. The van der Waals surface area contributed by atoms with Crippen molar-refractivity contribution in [3.63, 3.8) is 0 Å². The Morgan fingerprint density at radius 1 is 1.11 bits per heavy atom. The maximum atomic E-state index is 12.5. The number of nitrogens with zero attached hydrogens (tertiary/aromatic N) is 2. The summed E-state index contributed by atoms with van der Waals surface area (Å²) in [4.78, 5) is 29.0. The Bertz CT molecular complexity index is 639. The summed E-state index contributed by atoms with van der Waals surface area (Å²) < 4.78 is 0. The zero-order valence-corrected chi connectivity index (χ0v) is 17.7. The molecular weight excluding hydrogens is 350 g/mol. The molecule has 5 nitrogen and oxygen atoms in total. The van der Waals surface area contributed by atoms with E-state index in [0.717, 1.165) is 24.9 Å². The van der Waals surface area contributed by atoms with Crippen LogP contribution in [0.4, 0.5) is 0 Å². The van der Waals surface area contributed by atoms with Gasteiger partial charge < -0.3 is 10.2 Å². The SMILES string of the molecule is CC(C)N(CCNC(=O)C1CCN(C(=O)/C=C/c2ccccc2)CC1)C(C)C. The van der Waals surface area contributed by atoms with E-state index in [1.165, 1.54) is 0 Å². The molecule has 1 fully saturated rings. The zero-order valence-electron chi connectivity index (χ0n) is 17.7. The second kappa shape index (κ2) is 11.0. The summed E-state index contributed by atoms with van der Waals surface area (Å²) in [6.07, 6.45) is 4.93. The highest BCUT2D eigenvalue weighted by atomic mass is 16.2. The van der Waals surface area contributed by atoms with Gasteiger partial charge in [-0.15, -0.1) is 0 Å². The fourth-order valence-electron chi connectivity index (χ4n) is 3.76. The van der Waals surface area contributed by atoms with Crippen molar-refractivity contribution < 1.29 is 9.59 Å². The van der Waals surface area contributed by atoms with E-state index in [1.54, 1.807) is 6.08 Å². The lowest BCUT2D eigenvalue weighted by molar-refractivity contribution is -0.132. The lowest BCUT2D eigenvalue weighted by Gasteiger charge is -2.32.